The second-order valence-corrected chi connectivity index (χ2v) is 8.29. The third-order valence-corrected chi connectivity index (χ3v) is 6.28. The van der Waals surface area contributed by atoms with E-state index < -0.39 is 0 Å². The van der Waals surface area contributed by atoms with Gasteiger partial charge in [-0.2, -0.15) is 0 Å². The molecule has 0 unspecified atom stereocenters. The van der Waals surface area contributed by atoms with Crippen molar-refractivity contribution in [3.8, 4) is 10.4 Å². The van der Waals surface area contributed by atoms with Gasteiger partial charge in [-0.3, -0.25) is 9.98 Å². The van der Waals surface area contributed by atoms with E-state index in [0.717, 1.165) is 28.8 Å². The summed E-state index contributed by atoms with van der Waals surface area (Å²) < 4.78 is 1.26. The number of aliphatic imine (C=N–C) groups is 1. The molecule has 0 bridgehead atoms. The Morgan fingerprint density at radius 3 is 2.90 bits per heavy atom. The molecule has 6 heteroatoms. The molecular weight excluding hydrogens is 392 g/mol. The zero-order valence-corrected chi connectivity index (χ0v) is 17.1. The minimum atomic E-state index is -0.212. The van der Waals surface area contributed by atoms with Gasteiger partial charge < -0.3 is 10.6 Å². The largest absolute Gasteiger partial charge is 0.338 e. The van der Waals surface area contributed by atoms with Crippen molar-refractivity contribution in [3.05, 3.63) is 83.7 Å². The molecule has 0 radical (unpaired) electrons. The first-order valence-electron chi connectivity index (χ1n) is 9.86. The number of fused-ring (bicyclic) bond motifs is 2. The van der Waals surface area contributed by atoms with Gasteiger partial charge in [0.2, 0.25) is 0 Å². The SMILES string of the molecule is O=C(NCCc1cccnc1)Nc1cc2c(c(-c3cc4ccccc4s3)c1)CN=C2. The topological polar surface area (TPSA) is 66.4 Å². The Hall–Kier alpha value is -3.51. The maximum absolute atomic E-state index is 12.4. The van der Waals surface area contributed by atoms with Gasteiger partial charge in [-0.25, -0.2) is 4.79 Å². The van der Waals surface area contributed by atoms with Crippen LogP contribution in [0.4, 0.5) is 10.5 Å². The molecule has 2 amide bonds. The molecule has 3 heterocycles. The number of nitrogens with one attached hydrogen (secondary N) is 2. The molecule has 148 valence electrons. The lowest BCUT2D eigenvalue weighted by Gasteiger charge is -2.12. The number of nitrogens with zero attached hydrogens (tertiary/aromatic N) is 2. The Morgan fingerprint density at radius 1 is 1.10 bits per heavy atom. The number of carbonyl (C=O) groups is 1. The number of aromatic nitrogens is 1. The number of amides is 2. The Morgan fingerprint density at radius 2 is 2.03 bits per heavy atom. The quantitative estimate of drug-likeness (QED) is 0.469. The number of thiophene rings is 1. The van der Waals surface area contributed by atoms with Crippen LogP contribution in [0.2, 0.25) is 0 Å². The van der Waals surface area contributed by atoms with E-state index in [1.54, 1.807) is 17.5 Å². The first kappa shape index (κ1) is 18.5. The average molecular weight is 413 g/mol. The molecule has 0 saturated carbocycles. The summed E-state index contributed by atoms with van der Waals surface area (Å²) in [6, 6.07) is 18.3. The van der Waals surface area contributed by atoms with Crippen LogP contribution in [-0.2, 0) is 13.0 Å². The molecule has 0 saturated heterocycles. The molecule has 0 atom stereocenters. The molecule has 0 spiro atoms. The standard InChI is InChI=1S/C24H20N4OS/c29-24(27-9-7-16-4-3-8-25-13-16)28-19-10-18-14-26-15-21(18)20(12-19)23-11-17-5-1-2-6-22(17)30-23/h1-6,8,10-14H,7,9,15H2,(H2,27,28,29). The number of hydrogen-bond donors (Lipinski definition) is 2. The molecule has 2 aromatic heterocycles. The molecule has 5 nitrogen and oxygen atoms in total. The van der Waals surface area contributed by atoms with Gasteiger partial charge in [0.15, 0.2) is 0 Å². The van der Waals surface area contributed by atoms with Crippen molar-refractivity contribution in [1.29, 1.82) is 0 Å². The summed E-state index contributed by atoms with van der Waals surface area (Å²) in [6.07, 6.45) is 6.19. The van der Waals surface area contributed by atoms with E-state index in [-0.39, 0.29) is 6.03 Å². The Bertz CT molecular complexity index is 1210. The molecule has 1 aliphatic heterocycles. The van der Waals surface area contributed by atoms with Crippen LogP contribution in [0.25, 0.3) is 20.5 Å². The highest BCUT2D eigenvalue weighted by atomic mass is 32.1. The van der Waals surface area contributed by atoms with Crippen molar-refractivity contribution in [2.45, 2.75) is 13.0 Å². The van der Waals surface area contributed by atoms with Crippen molar-refractivity contribution in [2.24, 2.45) is 4.99 Å². The van der Waals surface area contributed by atoms with E-state index in [9.17, 15) is 4.79 Å². The summed E-state index contributed by atoms with van der Waals surface area (Å²) in [5, 5.41) is 7.13. The van der Waals surface area contributed by atoms with Crippen LogP contribution in [0.3, 0.4) is 0 Å². The van der Waals surface area contributed by atoms with Gasteiger partial charge in [-0.05, 0) is 58.8 Å². The fourth-order valence-electron chi connectivity index (χ4n) is 3.67. The predicted octanol–water partition coefficient (Wildman–Crippen LogP) is 5.26. The minimum absolute atomic E-state index is 0.212. The monoisotopic (exact) mass is 412 g/mol. The number of hydrogen-bond acceptors (Lipinski definition) is 4. The van der Waals surface area contributed by atoms with Gasteiger partial charge in [-0.15, -0.1) is 11.3 Å². The number of rotatable bonds is 5. The summed E-state index contributed by atoms with van der Waals surface area (Å²) in [5.41, 5.74) is 5.28. The van der Waals surface area contributed by atoms with Crippen LogP contribution in [0.5, 0.6) is 0 Å². The molecule has 4 aromatic rings. The Balaban J connectivity index is 1.35. The van der Waals surface area contributed by atoms with Crippen molar-refractivity contribution >= 4 is 39.4 Å². The van der Waals surface area contributed by atoms with Crippen molar-refractivity contribution < 1.29 is 4.79 Å². The van der Waals surface area contributed by atoms with E-state index in [4.69, 9.17) is 0 Å². The van der Waals surface area contributed by atoms with Crippen LogP contribution in [-0.4, -0.2) is 23.8 Å². The zero-order valence-electron chi connectivity index (χ0n) is 16.3. The third kappa shape index (κ3) is 3.82. The van der Waals surface area contributed by atoms with E-state index in [1.165, 1.54) is 20.5 Å². The summed E-state index contributed by atoms with van der Waals surface area (Å²) in [4.78, 5) is 22.2. The molecule has 1 aliphatic rings. The zero-order chi connectivity index (χ0) is 20.3. The molecule has 0 fully saturated rings. The van der Waals surface area contributed by atoms with Crippen LogP contribution in [0.15, 0.2) is 72.0 Å². The summed E-state index contributed by atoms with van der Waals surface area (Å²) in [7, 11) is 0. The van der Waals surface area contributed by atoms with Gasteiger partial charge in [-0.1, -0.05) is 24.3 Å². The highest BCUT2D eigenvalue weighted by molar-refractivity contribution is 7.22. The summed E-state index contributed by atoms with van der Waals surface area (Å²) in [6.45, 7) is 1.23. The number of urea groups is 1. The van der Waals surface area contributed by atoms with Gasteiger partial charge in [0.1, 0.15) is 0 Å². The molecule has 5 rings (SSSR count). The third-order valence-electron chi connectivity index (χ3n) is 5.14. The van der Waals surface area contributed by atoms with Gasteiger partial charge >= 0.3 is 6.03 Å². The van der Waals surface area contributed by atoms with Crippen LogP contribution < -0.4 is 10.6 Å². The normalized spacial score (nSPS) is 12.1. The summed E-state index contributed by atoms with van der Waals surface area (Å²) >= 11 is 1.77. The van der Waals surface area contributed by atoms with Crippen molar-refractivity contribution in [2.75, 3.05) is 11.9 Å². The first-order chi connectivity index (χ1) is 14.8. The highest BCUT2D eigenvalue weighted by Gasteiger charge is 2.17. The van der Waals surface area contributed by atoms with Gasteiger partial charge in [0, 0.05) is 46.0 Å². The summed E-state index contributed by atoms with van der Waals surface area (Å²) in [5.74, 6) is 0. The van der Waals surface area contributed by atoms with E-state index >= 15 is 0 Å². The second-order valence-electron chi connectivity index (χ2n) is 7.20. The lowest BCUT2D eigenvalue weighted by molar-refractivity contribution is 0.252. The van der Waals surface area contributed by atoms with E-state index in [2.05, 4.69) is 57.0 Å². The Kier molecular flexibility index (Phi) is 4.99. The maximum atomic E-state index is 12.4. The van der Waals surface area contributed by atoms with Gasteiger partial charge in [0.25, 0.3) is 0 Å². The van der Waals surface area contributed by atoms with Crippen molar-refractivity contribution in [3.63, 3.8) is 0 Å². The van der Waals surface area contributed by atoms with Crippen LogP contribution in [0, 0.1) is 0 Å². The smallest absolute Gasteiger partial charge is 0.319 e. The number of carbonyl (C=O) groups excluding carboxylic acids is 1. The fourth-order valence-corrected chi connectivity index (χ4v) is 4.78. The molecule has 2 aromatic carbocycles. The van der Waals surface area contributed by atoms with Crippen LogP contribution in [0.1, 0.15) is 16.7 Å². The van der Waals surface area contributed by atoms with E-state index in [1.807, 2.05) is 30.6 Å². The fraction of sp³-hybridized carbons (Fsp3) is 0.125. The highest BCUT2D eigenvalue weighted by Crippen LogP contribution is 2.38. The molecular formula is C24H20N4OS. The van der Waals surface area contributed by atoms with E-state index in [0.29, 0.717) is 13.1 Å². The lowest BCUT2D eigenvalue weighted by Crippen LogP contribution is -2.30. The molecule has 2 N–H and O–H groups in total. The molecule has 30 heavy (non-hydrogen) atoms. The van der Waals surface area contributed by atoms with Crippen molar-refractivity contribution in [1.82, 2.24) is 10.3 Å². The maximum Gasteiger partial charge on any atom is 0.319 e. The number of anilines is 1. The second kappa shape index (κ2) is 8.08. The first-order valence-corrected chi connectivity index (χ1v) is 10.7. The lowest BCUT2D eigenvalue weighted by atomic mass is 10.0. The Labute approximate surface area is 178 Å². The minimum Gasteiger partial charge on any atom is -0.338 e. The van der Waals surface area contributed by atoms with Gasteiger partial charge in [0.05, 0.1) is 6.54 Å². The van der Waals surface area contributed by atoms with Crippen LogP contribution >= 0.6 is 11.3 Å². The average Bonchev–Trinajstić information content (AvgIpc) is 3.40. The number of benzene rings is 2. The predicted molar refractivity (Wildman–Crippen MR) is 124 cm³/mol. The molecule has 0 aliphatic carbocycles. The number of pyridine rings is 1.